The van der Waals surface area contributed by atoms with Crippen molar-refractivity contribution in [1.82, 2.24) is 4.90 Å². The van der Waals surface area contributed by atoms with Gasteiger partial charge in [-0.25, -0.2) is 0 Å². The lowest BCUT2D eigenvalue weighted by molar-refractivity contribution is 0.0841. The number of carbonyl (C=O) groups is 1. The molecule has 92 valence electrons. The Hall–Kier alpha value is -1.83. The van der Waals surface area contributed by atoms with Crippen molar-refractivity contribution in [2.24, 2.45) is 5.92 Å². The smallest absolute Gasteiger partial charge is 0.258 e. The van der Waals surface area contributed by atoms with E-state index in [2.05, 4.69) is 18.2 Å². The number of allylic oxidation sites excluding steroid dienone is 3. The molecule has 0 radical (unpaired) electrons. The highest BCUT2D eigenvalue weighted by Crippen LogP contribution is 2.24. The van der Waals surface area contributed by atoms with Crippen LogP contribution in [0.2, 0.25) is 0 Å². The van der Waals surface area contributed by atoms with Crippen molar-refractivity contribution in [3.05, 3.63) is 59.8 Å². The van der Waals surface area contributed by atoms with Crippen LogP contribution in [0.25, 0.3) is 0 Å². The van der Waals surface area contributed by atoms with Gasteiger partial charge in [0.1, 0.15) is 0 Å². The molecule has 1 aliphatic carbocycles. The number of hydrogen-bond donors (Lipinski definition) is 0. The van der Waals surface area contributed by atoms with Crippen molar-refractivity contribution in [3.63, 3.8) is 0 Å². The van der Waals surface area contributed by atoms with E-state index in [4.69, 9.17) is 0 Å². The molecule has 0 N–H and O–H groups in total. The van der Waals surface area contributed by atoms with Crippen molar-refractivity contribution >= 4 is 5.91 Å². The van der Waals surface area contributed by atoms with Gasteiger partial charge in [-0.05, 0) is 36.8 Å². The first-order valence-electron chi connectivity index (χ1n) is 6.58. The van der Waals surface area contributed by atoms with Crippen LogP contribution in [-0.2, 0) is 6.54 Å². The van der Waals surface area contributed by atoms with Gasteiger partial charge in [-0.2, -0.15) is 0 Å². The van der Waals surface area contributed by atoms with E-state index in [1.165, 1.54) is 19.3 Å². The predicted octanol–water partition coefficient (Wildman–Crippen LogP) is 3.51. The van der Waals surface area contributed by atoms with Gasteiger partial charge in [0.15, 0.2) is 0 Å². The van der Waals surface area contributed by atoms with E-state index >= 15 is 0 Å². The van der Waals surface area contributed by atoms with Crippen LogP contribution in [0.5, 0.6) is 0 Å². The molecule has 1 amide bonds. The lowest BCUT2D eigenvalue weighted by Gasteiger charge is -2.14. The number of rotatable bonds is 2. The van der Waals surface area contributed by atoms with Crippen LogP contribution in [-0.4, -0.2) is 10.8 Å². The van der Waals surface area contributed by atoms with E-state index < -0.39 is 0 Å². The Morgan fingerprint density at radius 1 is 1.28 bits per heavy atom. The Kier molecular flexibility index (Phi) is 3.01. The Bertz CT molecular complexity index is 516. The molecule has 2 nitrogen and oxygen atoms in total. The lowest BCUT2D eigenvalue weighted by atomic mass is 9.96. The molecule has 0 aromatic heterocycles. The Balaban J connectivity index is 1.73. The maximum Gasteiger partial charge on any atom is 0.258 e. The molecule has 3 rings (SSSR count). The molecule has 0 saturated carbocycles. The number of fused-ring (bicyclic) bond motifs is 1. The van der Waals surface area contributed by atoms with Gasteiger partial charge < -0.3 is 4.90 Å². The van der Waals surface area contributed by atoms with Crippen molar-refractivity contribution in [2.45, 2.75) is 25.8 Å². The van der Waals surface area contributed by atoms with Gasteiger partial charge in [0.2, 0.25) is 0 Å². The van der Waals surface area contributed by atoms with E-state index in [-0.39, 0.29) is 5.91 Å². The topological polar surface area (TPSA) is 20.3 Å². The average molecular weight is 239 g/mol. The highest BCUT2D eigenvalue weighted by atomic mass is 16.2. The van der Waals surface area contributed by atoms with Gasteiger partial charge in [-0.3, -0.25) is 4.79 Å². The third-order valence-electron chi connectivity index (χ3n) is 3.65. The molecule has 0 bridgehead atoms. The maximum atomic E-state index is 12.1. The third-order valence-corrected chi connectivity index (χ3v) is 3.65. The van der Waals surface area contributed by atoms with Crippen LogP contribution in [0, 0.1) is 5.92 Å². The van der Waals surface area contributed by atoms with Gasteiger partial charge in [-0.15, -0.1) is 0 Å². The van der Waals surface area contributed by atoms with Crippen LogP contribution in [0.15, 0.2) is 48.7 Å². The Morgan fingerprint density at radius 2 is 2.17 bits per heavy atom. The summed E-state index contributed by atoms with van der Waals surface area (Å²) in [6, 6.07) is 7.85. The SMILES string of the molecule is O=C1c2ccccc2CN1C=CC1C=CCCC1. The summed E-state index contributed by atoms with van der Waals surface area (Å²) >= 11 is 0. The predicted molar refractivity (Wildman–Crippen MR) is 71.9 cm³/mol. The van der Waals surface area contributed by atoms with Crippen LogP contribution >= 0.6 is 0 Å². The zero-order chi connectivity index (χ0) is 12.4. The molecule has 1 aliphatic heterocycles. The zero-order valence-electron chi connectivity index (χ0n) is 10.4. The van der Waals surface area contributed by atoms with Gasteiger partial charge in [0.05, 0.1) is 6.54 Å². The zero-order valence-corrected chi connectivity index (χ0v) is 10.4. The summed E-state index contributed by atoms with van der Waals surface area (Å²) in [5.74, 6) is 0.622. The minimum absolute atomic E-state index is 0.127. The number of benzene rings is 1. The van der Waals surface area contributed by atoms with Gasteiger partial charge >= 0.3 is 0 Å². The summed E-state index contributed by atoms with van der Waals surface area (Å²) in [7, 11) is 0. The van der Waals surface area contributed by atoms with Crippen molar-refractivity contribution in [1.29, 1.82) is 0 Å². The highest BCUT2D eigenvalue weighted by Gasteiger charge is 2.24. The second-order valence-corrected chi connectivity index (χ2v) is 4.95. The monoisotopic (exact) mass is 239 g/mol. The number of carbonyl (C=O) groups excluding carboxylic acids is 1. The summed E-state index contributed by atoms with van der Waals surface area (Å²) in [4.78, 5) is 13.9. The minimum Gasteiger partial charge on any atom is -0.311 e. The normalized spacial score (nSPS) is 22.8. The fourth-order valence-electron chi connectivity index (χ4n) is 2.61. The van der Waals surface area contributed by atoms with Crippen LogP contribution in [0.3, 0.4) is 0 Å². The van der Waals surface area contributed by atoms with Gasteiger partial charge in [-0.1, -0.05) is 36.4 Å². The van der Waals surface area contributed by atoms with Crippen molar-refractivity contribution in [2.75, 3.05) is 0 Å². The van der Waals surface area contributed by atoms with Crippen molar-refractivity contribution < 1.29 is 4.79 Å². The fraction of sp³-hybridized carbons (Fsp3) is 0.312. The Morgan fingerprint density at radius 3 is 2.94 bits per heavy atom. The van der Waals surface area contributed by atoms with E-state index in [0.29, 0.717) is 12.5 Å². The first kappa shape index (κ1) is 11.3. The molecule has 1 unspecified atom stereocenters. The Labute approximate surface area is 108 Å². The standard InChI is InChI=1S/C16H17NO/c18-16-15-9-5-4-8-14(15)12-17(16)11-10-13-6-2-1-3-7-13/h2,4-6,8-11,13H,1,3,7,12H2. The molecule has 1 heterocycles. The average Bonchev–Trinajstić information content (AvgIpc) is 2.75. The molecule has 0 spiro atoms. The second-order valence-electron chi connectivity index (χ2n) is 4.95. The van der Waals surface area contributed by atoms with Crippen molar-refractivity contribution in [3.8, 4) is 0 Å². The molecule has 0 saturated heterocycles. The second kappa shape index (κ2) is 4.81. The minimum atomic E-state index is 0.127. The lowest BCUT2D eigenvalue weighted by Crippen LogP contribution is -2.17. The molecular formula is C16H17NO. The summed E-state index contributed by atoms with van der Waals surface area (Å²) in [5, 5.41) is 0. The molecule has 18 heavy (non-hydrogen) atoms. The molecule has 2 heteroatoms. The summed E-state index contributed by atoms with van der Waals surface area (Å²) in [5.41, 5.74) is 1.98. The molecular weight excluding hydrogens is 222 g/mol. The highest BCUT2D eigenvalue weighted by molar-refractivity contribution is 5.98. The van der Waals surface area contributed by atoms with Crippen LogP contribution in [0.1, 0.15) is 35.2 Å². The van der Waals surface area contributed by atoms with Crippen LogP contribution < -0.4 is 0 Å². The fourth-order valence-corrected chi connectivity index (χ4v) is 2.61. The summed E-state index contributed by atoms with van der Waals surface area (Å²) in [6.07, 6.45) is 12.2. The molecule has 2 aliphatic rings. The summed E-state index contributed by atoms with van der Waals surface area (Å²) in [6.45, 7) is 0.710. The van der Waals surface area contributed by atoms with Gasteiger partial charge in [0.25, 0.3) is 5.91 Å². The molecule has 1 atom stereocenters. The number of hydrogen-bond acceptors (Lipinski definition) is 1. The molecule has 0 fully saturated rings. The van der Waals surface area contributed by atoms with E-state index in [0.717, 1.165) is 11.1 Å². The number of amides is 1. The van der Waals surface area contributed by atoms with E-state index in [1.54, 1.807) is 0 Å². The quantitative estimate of drug-likeness (QED) is 0.723. The van der Waals surface area contributed by atoms with E-state index in [1.807, 2.05) is 35.4 Å². The first-order valence-corrected chi connectivity index (χ1v) is 6.58. The van der Waals surface area contributed by atoms with E-state index in [9.17, 15) is 4.79 Å². The van der Waals surface area contributed by atoms with Gasteiger partial charge in [0, 0.05) is 11.8 Å². The molecule has 1 aromatic rings. The maximum absolute atomic E-state index is 12.1. The first-order chi connectivity index (χ1) is 8.84. The van der Waals surface area contributed by atoms with Crippen LogP contribution in [0.4, 0.5) is 0 Å². The number of nitrogens with zero attached hydrogens (tertiary/aromatic N) is 1. The molecule has 1 aromatic carbocycles. The summed E-state index contributed by atoms with van der Waals surface area (Å²) < 4.78 is 0. The third kappa shape index (κ3) is 2.10. The largest absolute Gasteiger partial charge is 0.311 e.